The zero-order valence-electron chi connectivity index (χ0n) is 17.9. The summed E-state index contributed by atoms with van der Waals surface area (Å²) >= 11 is 0. The molecule has 2 aromatic rings. The Morgan fingerprint density at radius 3 is 2.03 bits per heavy atom. The molecule has 0 unspecified atom stereocenters. The summed E-state index contributed by atoms with van der Waals surface area (Å²) in [4.78, 5) is 12.0. The lowest BCUT2D eigenvalue weighted by Crippen LogP contribution is -2.65. The van der Waals surface area contributed by atoms with E-state index in [-0.39, 0.29) is 18.6 Å². The predicted molar refractivity (Wildman–Crippen MR) is 118 cm³/mol. The van der Waals surface area contributed by atoms with Crippen molar-refractivity contribution >= 4 is 5.91 Å². The number of benzene rings is 2. The normalized spacial score (nSPS) is 25.7. The number of carbonyl (C=O) groups is 1. The number of ether oxygens (including phenoxy) is 3. The number of nitrogens with one attached hydrogen (secondary N) is 1. The van der Waals surface area contributed by atoms with Gasteiger partial charge in [0.2, 0.25) is 5.91 Å². The summed E-state index contributed by atoms with van der Waals surface area (Å²) in [6.07, 6.45) is 0.219. The van der Waals surface area contributed by atoms with Crippen LogP contribution in [0.15, 0.2) is 73.3 Å². The molecule has 1 aliphatic heterocycles. The maximum Gasteiger partial charge on any atom is 0.217 e. The summed E-state index contributed by atoms with van der Waals surface area (Å²) in [5.74, 6) is -0.180. The van der Waals surface area contributed by atoms with Crippen molar-refractivity contribution in [1.29, 1.82) is 0 Å². The van der Waals surface area contributed by atoms with Gasteiger partial charge >= 0.3 is 0 Å². The van der Waals surface area contributed by atoms with Crippen LogP contribution in [0, 0.1) is 0 Å². The second kappa shape index (κ2) is 11.8. The van der Waals surface area contributed by atoms with Gasteiger partial charge in [-0.15, -0.1) is 6.58 Å². The van der Waals surface area contributed by atoms with Crippen LogP contribution >= 0.6 is 0 Å². The Morgan fingerprint density at radius 1 is 1.00 bits per heavy atom. The molecule has 1 heterocycles. The SMILES string of the molecule is C=CC[C@H]1O[C@H](CO)[C@@H](OCc2ccccc2)[C@H](OCc2ccccc2)[C@H]1NC(C)=O. The molecule has 0 saturated carbocycles. The quantitative estimate of drug-likeness (QED) is 0.573. The van der Waals surface area contributed by atoms with Crippen molar-refractivity contribution in [3.8, 4) is 0 Å². The third-order valence-electron chi connectivity index (χ3n) is 5.31. The highest BCUT2D eigenvalue weighted by Gasteiger charge is 2.47. The molecule has 3 rings (SSSR count). The molecule has 5 atom stereocenters. The monoisotopic (exact) mass is 425 g/mol. The molecular weight excluding hydrogens is 394 g/mol. The Balaban J connectivity index is 1.85. The molecule has 166 valence electrons. The van der Waals surface area contributed by atoms with Crippen molar-refractivity contribution in [3.05, 3.63) is 84.4 Å². The molecule has 1 amide bonds. The highest BCUT2D eigenvalue weighted by molar-refractivity contribution is 5.73. The van der Waals surface area contributed by atoms with E-state index >= 15 is 0 Å². The van der Waals surface area contributed by atoms with Gasteiger partial charge < -0.3 is 24.6 Å². The van der Waals surface area contributed by atoms with E-state index in [0.29, 0.717) is 19.6 Å². The van der Waals surface area contributed by atoms with Gasteiger partial charge in [-0.1, -0.05) is 66.7 Å². The molecular formula is C25H31NO5. The maximum absolute atomic E-state index is 12.0. The minimum Gasteiger partial charge on any atom is -0.394 e. The number of aliphatic hydroxyl groups is 1. The first-order chi connectivity index (χ1) is 15.1. The highest BCUT2D eigenvalue weighted by Crippen LogP contribution is 2.29. The van der Waals surface area contributed by atoms with E-state index in [1.54, 1.807) is 6.08 Å². The van der Waals surface area contributed by atoms with Crippen molar-refractivity contribution in [1.82, 2.24) is 5.32 Å². The molecule has 0 aromatic heterocycles. The second-order valence-corrected chi connectivity index (χ2v) is 7.67. The lowest BCUT2D eigenvalue weighted by atomic mass is 9.90. The lowest BCUT2D eigenvalue weighted by molar-refractivity contribution is -0.227. The fraction of sp³-hybridized carbons (Fsp3) is 0.400. The molecule has 0 bridgehead atoms. The van der Waals surface area contributed by atoms with Gasteiger partial charge in [0.15, 0.2) is 0 Å². The number of rotatable bonds is 10. The summed E-state index contributed by atoms with van der Waals surface area (Å²) in [6, 6.07) is 19.2. The Bertz CT molecular complexity index is 813. The van der Waals surface area contributed by atoms with Crippen LogP contribution in [0.1, 0.15) is 24.5 Å². The number of hydrogen-bond donors (Lipinski definition) is 2. The molecule has 1 saturated heterocycles. The van der Waals surface area contributed by atoms with Gasteiger partial charge in [-0.3, -0.25) is 4.79 Å². The topological polar surface area (TPSA) is 77.0 Å². The van der Waals surface area contributed by atoms with E-state index in [4.69, 9.17) is 14.2 Å². The van der Waals surface area contributed by atoms with Crippen molar-refractivity contribution in [2.75, 3.05) is 6.61 Å². The van der Waals surface area contributed by atoms with Gasteiger partial charge in [-0.05, 0) is 17.5 Å². The molecule has 2 N–H and O–H groups in total. The molecule has 31 heavy (non-hydrogen) atoms. The summed E-state index contributed by atoms with van der Waals surface area (Å²) in [7, 11) is 0. The molecule has 1 aliphatic rings. The molecule has 6 nitrogen and oxygen atoms in total. The van der Waals surface area contributed by atoms with Crippen LogP contribution in [0.5, 0.6) is 0 Å². The Labute approximate surface area is 183 Å². The Morgan fingerprint density at radius 2 is 1.55 bits per heavy atom. The van der Waals surface area contributed by atoms with Crippen LogP contribution in [-0.4, -0.2) is 48.1 Å². The van der Waals surface area contributed by atoms with Crippen LogP contribution in [-0.2, 0) is 32.2 Å². The van der Waals surface area contributed by atoms with Crippen molar-refractivity contribution in [3.63, 3.8) is 0 Å². The molecule has 0 spiro atoms. The zero-order chi connectivity index (χ0) is 22.1. The standard InChI is InChI=1S/C25H31NO5/c1-3-10-21-23(26-18(2)28)25(30-17-20-13-8-5-9-14-20)24(22(15-27)31-21)29-16-19-11-6-4-7-12-19/h3-9,11-14,21-25,27H,1,10,15-17H2,2H3,(H,26,28)/t21-,22-,23+,24-,25-/m1/s1. The minimum absolute atomic E-state index is 0.180. The predicted octanol–water partition coefficient (Wildman–Crippen LogP) is 3.00. The van der Waals surface area contributed by atoms with Gasteiger partial charge in [-0.25, -0.2) is 0 Å². The van der Waals surface area contributed by atoms with E-state index in [1.807, 2.05) is 60.7 Å². The Kier molecular flexibility index (Phi) is 8.79. The number of amides is 1. The number of carbonyl (C=O) groups excluding carboxylic acids is 1. The van der Waals surface area contributed by atoms with Gasteiger partial charge in [0.1, 0.15) is 18.3 Å². The maximum atomic E-state index is 12.0. The van der Waals surface area contributed by atoms with E-state index in [2.05, 4.69) is 11.9 Å². The van der Waals surface area contributed by atoms with Crippen LogP contribution in [0.25, 0.3) is 0 Å². The van der Waals surface area contributed by atoms with Crippen molar-refractivity contribution < 1.29 is 24.1 Å². The first-order valence-electron chi connectivity index (χ1n) is 10.6. The Hall–Kier alpha value is -2.51. The molecule has 1 fully saturated rings. The minimum atomic E-state index is -0.584. The van der Waals surface area contributed by atoms with Gasteiger partial charge in [0, 0.05) is 6.92 Å². The lowest BCUT2D eigenvalue weighted by Gasteiger charge is -2.46. The van der Waals surface area contributed by atoms with Crippen LogP contribution in [0.3, 0.4) is 0 Å². The number of hydrogen-bond acceptors (Lipinski definition) is 5. The van der Waals surface area contributed by atoms with Gasteiger partial charge in [0.05, 0.1) is 32.0 Å². The van der Waals surface area contributed by atoms with Crippen LogP contribution in [0.2, 0.25) is 0 Å². The first-order valence-corrected chi connectivity index (χ1v) is 10.6. The van der Waals surface area contributed by atoms with Crippen molar-refractivity contribution in [2.24, 2.45) is 0 Å². The largest absolute Gasteiger partial charge is 0.394 e. The van der Waals surface area contributed by atoms with E-state index < -0.39 is 24.4 Å². The smallest absolute Gasteiger partial charge is 0.217 e. The highest BCUT2D eigenvalue weighted by atomic mass is 16.6. The third-order valence-corrected chi connectivity index (χ3v) is 5.31. The van der Waals surface area contributed by atoms with E-state index in [1.165, 1.54) is 6.92 Å². The second-order valence-electron chi connectivity index (χ2n) is 7.67. The molecule has 0 radical (unpaired) electrons. The summed E-state index contributed by atoms with van der Waals surface area (Å²) in [5.41, 5.74) is 2.02. The van der Waals surface area contributed by atoms with E-state index in [9.17, 15) is 9.90 Å². The summed E-state index contributed by atoms with van der Waals surface area (Å²) in [5, 5.41) is 13.0. The fourth-order valence-electron chi connectivity index (χ4n) is 3.87. The molecule has 0 aliphatic carbocycles. The first kappa shape index (κ1) is 23.2. The average molecular weight is 426 g/mol. The van der Waals surface area contributed by atoms with Crippen molar-refractivity contribution in [2.45, 2.75) is 57.0 Å². The average Bonchev–Trinajstić information content (AvgIpc) is 2.79. The van der Waals surface area contributed by atoms with Gasteiger partial charge in [-0.2, -0.15) is 0 Å². The zero-order valence-corrected chi connectivity index (χ0v) is 17.9. The molecule has 6 heteroatoms. The fourth-order valence-corrected chi connectivity index (χ4v) is 3.87. The molecule has 2 aromatic carbocycles. The van der Waals surface area contributed by atoms with Crippen LogP contribution in [0.4, 0.5) is 0 Å². The summed E-state index contributed by atoms with van der Waals surface area (Å²) < 4.78 is 18.7. The van der Waals surface area contributed by atoms with E-state index in [0.717, 1.165) is 11.1 Å². The van der Waals surface area contributed by atoms with Gasteiger partial charge in [0.25, 0.3) is 0 Å². The number of aliphatic hydroxyl groups excluding tert-OH is 1. The summed E-state index contributed by atoms with van der Waals surface area (Å²) in [6.45, 7) is 5.75. The third kappa shape index (κ3) is 6.48. The van der Waals surface area contributed by atoms with Crippen LogP contribution < -0.4 is 5.32 Å².